The van der Waals surface area contributed by atoms with E-state index in [1.54, 1.807) is 4.90 Å². The van der Waals surface area contributed by atoms with Gasteiger partial charge in [-0.15, -0.1) is 0 Å². The first kappa shape index (κ1) is 12.7. The van der Waals surface area contributed by atoms with Gasteiger partial charge in [-0.05, 0) is 31.6 Å². The van der Waals surface area contributed by atoms with Crippen molar-refractivity contribution in [2.75, 3.05) is 0 Å². The molecule has 0 aromatic heterocycles. The molecule has 2 bridgehead atoms. The number of carbonyl (C=O) groups is 1. The van der Waals surface area contributed by atoms with Gasteiger partial charge in [0, 0.05) is 18.5 Å². The third kappa shape index (κ3) is 2.93. The van der Waals surface area contributed by atoms with E-state index in [1.165, 1.54) is 0 Å². The molecule has 0 aromatic rings. The smallest absolute Gasteiger partial charge is 0.337 e. The van der Waals surface area contributed by atoms with E-state index in [0.29, 0.717) is 5.92 Å². The van der Waals surface area contributed by atoms with Gasteiger partial charge in [0.25, 0.3) is 0 Å². The largest absolute Gasteiger partial charge is 0.389 e. The second-order valence-corrected chi connectivity index (χ2v) is 5.38. The normalized spacial score (nSPS) is 32.9. The van der Waals surface area contributed by atoms with Crippen LogP contribution in [-0.2, 0) is 4.79 Å². The summed E-state index contributed by atoms with van der Waals surface area (Å²) < 4.78 is 36.3. The van der Waals surface area contributed by atoms with Crippen molar-refractivity contribution in [3.8, 4) is 0 Å². The number of fused-ring (bicyclic) bond motifs is 2. The second-order valence-electron chi connectivity index (χ2n) is 5.38. The highest BCUT2D eigenvalue weighted by molar-refractivity contribution is 5.77. The molecular weight excluding hydrogens is 231 g/mol. The Morgan fingerprint density at radius 2 is 1.76 bits per heavy atom. The van der Waals surface area contributed by atoms with Gasteiger partial charge in [-0.1, -0.05) is 6.92 Å². The summed E-state index contributed by atoms with van der Waals surface area (Å²) in [7, 11) is 0. The van der Waals surface area contributed by atoms with Crippen molar-refractivity contribution >= 4 is 5.91 Å². The molecule has 0 saturated carbocycles. The average Bonchev–Trinajstić information content (AvgIpc) is 2.47. The molecule has 2 saturated heterocycles. The molecule has 0 spiro atoms. The zero-order valence-electron chi connectivity index (χ0n) is 9.96. The fourth-order valence-electron chi connectivity index (χ4n) is 3.23. The number of piperidine rings is 1. The lowest BCUT2D eigenvalue weighted by Gasteiger charge is -2.38. The molecule has 0 unspecified atom stereocenters. The Bertz CT molecular complexity index is 289. The number of amides is 1. The Morgan fingerprint density at radius 3 is 2.24 bits per heavy atom. The summed E-state index contributed by atoms with van der Waals surface area (Å²) in [6.45, 7) is 2.16. The SMILES string of the molecule is C[C@H]1C[C@H]2CC[C@@H](C1)N2C(=O)CCC(F)(F)F. The molecule has 2 heterocycles. The van der Waals surface area contributed by atoms with E-state index in [0.717, 1.165) is 25.7 Å². The monoisotopic (exact) mass is 249 g/mol. The van der Waals surface area contributed by atoms with Gasteiger partial charge in [0.2, 0.25) is 5.91 Å². The van der Waals surface area contributed by atoms with Gasteiger partial charge in [-0.3, -0.25) is 4.79 Å². The molecule has 2 aliphatic rings. The molecule has 2 fully saturated rings. The molecule has 17 heavy (non-hydrogen) atoms. The lowest BCUT2D eigenvalue weighted by molar-refractivity contribution is -0.152. The van der Waals surface area contributed by atoms with Crippen molar-refractivity contribution in [2.45, 2.75) is 63.7 Å². The van der Waals surface area contributed by atoms with Gasteiger partial charge in [0.05, 0.1) is 6.42 Å². The number of nitrogens with zero attached hydrogens (tertiary/aromatic N) is 1. The van der Waals surface area contributed by atoms with Gasteiger partial charge in [0.15, 0.2) is 0 Å². The van der Waals surface area contributed by atoms with Crippen molar-refractivity contribution in [3.63, 3.8) is 0 Å². The van der Waals surface area contributed by atoms with Gasteiger partial charge < -0.3 is 4.90 Å². The Labute approximate surface area is 99.2 Å². The van der Waals surface area contributed by atoms with E-state index in [2.05, 4.69) is 6.92 Å². The van der Waals surface area contributed by atoms with Crippen molar-refractivity contribution in [1.29, 1.82) is 0 Å². The quantitative estimate of drug-likeness (QED) is 0.736. The second kappa shape index (κ2) is 4.50. The topological polar surface area (TPSA) is 20.3 Å². The third-order valence-electron chi connectivity index (χ3n) is 3.88. The molecule has 3 atom stereocenters. The minimum atomic E-state index is -4.22. The molecule has 98 valence electrons. The lowest BCUT2D eigenvalue weighted by atomic mass is 9.92. The predicted molar refractivity (Wildman–Crippen MR) is 57.3 cm³/mol. The number of alkyl halides is 3. The highest BCUT2D eigenvalue weighted by atomic mass is 19.4. The molecule has 1 amide bonds. The van der Waals surface area contributed by atoms with Crippen LogP contribution in [0.5, 0.6) is 0 Å². The highest BCUT2D eigenvalue weighted by Gasteiger charge is 2.42. The third-order valence-corrected chi connectivity index (χ3v) is 3.88. The van der Waals surface area contributed by atoms with Crippen LogP contribution in [0.15, 0.2) is 0 Å². The molecule has 0 aliphatic carbocycles. The Balaban J connectivity index is 1.92. The van der Waals surface area contributed by atoms with Crippen LogP contribution in [0.1, 0.15) is 45.4 Å². The average molecular weight is 249 g/mol. The molecule has 0 N–H and O–H groups in total. The summed E-state index contributed by atoms with van der Waals surface area (Å²) >= 11 is 0. The molecule has 2 rings (SSSR count). The lowest BCUT2D eigenvalue weighted by Crippen LogP contribution is -2.46. The van der Waals surface area contributed by atoms with Crippen LogP contribution < -0.4 is 0 Å². The maximum absolute atomic E-state index is 12.1. The van der Waals surface area contributed by atoms with Crippen LogP contribution in [0.2, 0.25) is 0 Å². The summed E-state index contributed by atoms with van der Waals surface area (Å²) in [5.41, 5.74) is 0. The maximum Gasteiger partial charge on any atom is 0.389 e. The highest BCUT2D eigenvalue weighted by Crippen LogP contribution is 2.39. The predicted octanol–water partition coefficient (Wildman–Crippen LogP) is 3.12. The number of rotatable bonds is 2. The van der Waals surface area contributed by atoms with Crippen LogP contribution >= 0.6 is 0 Å². The summed E-state index contributed by atoms with van der Waals surface area (Å²) in [5, 5.41) is 0. The Kier molecular flexibility index (Phi) is 3.36. The molecular formula is C12H18F3NO. The van der Waals surface area contributed by atoms with E-state index in [1.807, 2.05) is 0 Å². The Morgan fingerprint density at radius 1 is 1.24 bits per heavy atom. The zero-order chi connectivity index (χ0) is 12.6. The van der Waals surface area contributed by atoms with E-state index < -0.39 is 12.6 Å². The van der Waals surface area contributed by atoms with Crippen LogP contribution in [0.25, 0.3) is 0 Å². The number of halogens is 3. The fraction of sp³-hybridized carbons (Fsp3) is 0.917. The van der Waals surface area contributed by atoms with Crippen molar-refractivity contribution in [2.24, 2.45) is 5.92 Å². The zero-order valence-corrected chi connectivity index (χ0v) is 9.96. The van der Waals surface area contributed by atoms with Crippen molar-refractivity contribution in [3.05, 3.63) is 0 Å². The number of hydrogen-bond acceptors (Lipinski definition) is 1. The van der Waals surface area contributed by atoms with Gasteiger partial charge >= 0.3 is 6.18 Å². The minimum absolute atomic E-state index is 0.199. The molecule has 0 aromatic carbocycles. The molecule has 0 radical (unpaired) electrons. The Hall–Kier alpha value is -0.740. The summed E-state index contributed by atoms with van der Waals surface area (Å²) in [6.07, 6.45) is -1.76. The first-order valence-electron chi connectivity index (χ1n) is 6.25. The van der Waals surface area contributed by atoms with Gasteiger partial charge in [-0.2, -0.15) is 13.2 Å². The van der Waals surface area contributed by atoms with Crippen LogP contribution in [0, 0.1) is 5.92 Å². The van der Waals surface area contributed by atoms with Gasteiger partial charge in [0.1, 0.15) is 0 Å². The van der Waals surface area contributed by atoms with E-state index in [4.69, 9.17) is 0 Å². The number of carbonyl (C=O) groups excluding carboxylic acids is 1. The fourth-order valence-corrected chi connectivity index (χ4v) is 3.23. The summed E-state index contributed by atoms with van der Waals surface area (Å²) in [6, 6.07) is 0.397. The summed E-state index contributed by atoms with van der Waals surface area (Å²) in [5.74, 6) is 0.292. The minimum Gasteiger partial charge on any atom is -0.337 e. The maximum atomic E-state index is 12.1. The summed E-state index contributed by atoms with van der Waals surface area (Å²) in [4.78, 5) is 13.6. The van der Waals surface area contributed by atoms with Crippen LogP contribution in [-0.4, -0.2) is 29.1 Å². The van der Waals surface area contributed by atoms with Crippen molar-refractivity contribution in [1.82, 2.24) is 4.90 Å². The van der Waals surface area contributed by atoms with Crippen LogP contribution in [0.3, 0.4) is 0 Å². The van der Waals surface area contributed by atoms with Crippen LogP contribution in [0.4, 0.5) is 13.2 Å². The van der Waals surface area contributed by atoms with E-state index in [-0.39, 0.29) is 24.4 Å². The molecule has 2 aliphatic heterocycles. The first-order valence-corrected chi connectivity index (χ1v) is 6.25. The first-order chi connectivity index (χ1) is 7.87. The van der Waals surface area contributed by atoms with E-state index in [9.17, 15) is 18.0 Å². The van der Waals surface area contributed by atoms with Gasteiger partial charge in [-0.25, -0.2) is 0 Å². The standard InChI is InChI=1S/C12H18F3NO/c1-8-6-9-2-3-10(7-8)16(9)11(17)4-5-12(13,14)15/h8-10H,2-7H2,1H3/t8-,9+,10-. The molecule has 5 heteroatoms. The van der Waals surface area contributed by atoms with Crippen molar-refractivity contribution < 1.29 is 18.0 Å². The molecule has 2 nitrogen and oxygen atoms in total. The van der Waals surface area contributed by atoms with E-state index >= 15 is 0 Å². The number of hydrogen-bond donors (Lipinski definition) is 0.